The van der Waals surface area contributed by atoms with Crippen LogP contribution in [0.3, 0.4) is 0 Å². The fraction of sp³-hybridized carbons (Fsp3) is 0.200. The maximum atomic E-state index is 10.5. The first-order chi connectivity index (χ1) is 4.20. The summed E-state index contributed by atoms with van der Waals surface area (Å²) in [4.78, 5) is 22.9. The molecule has 1 heterocycles. The van der Waals surface area contributed by atoms with Crippen molar-refractivity contribution in [2.24, 2.45) is 7.05 Å². The summed E-state index contributed by atoms with van der Waals surface area (Å²) >= 11 is 0. The van der Waals surface area contributed by atoms with E-state index in [0.29, 0.717) is 0 Å². The van der Waals surface area contributed by atoms with E-state index in [1.807, 2.05) is 4.98 Å². The van der Waals surface area contributed by atoms with Crippen LogP contribution in [0.15, 0.2) is 15.8 Å². The van der Waals surface area contributed by atoms with Crippen LogP contribution < -0.4 is 11.2 Å². The Hall–Kier alpha value is -1.32. The second-order valence-electron chi connectivity index (χ2n) is 1.64. The standard InChI is InChI=1S/C5H5N2O2/c1-7-3-2-4(8)6-5(7)9/h3H,1H3,(H,6,8,9). The molecule has 0 saturated heterocycles. The third kappa shape index (κ3) is 1.07. The number of aromatic amines is 1. The van der Waals surface area contributed by atoms with Crippen LogP contribution in [-0.2, 0) is 7.05 Å². The zero-order valence-electron chi connectivity index (χ0n) is 4.84. The molecule has 9 heavy (non-hydrogen) atoms. The van der Waals surface area contributed by atoms with Gasteiger partial charge in [-0.1, -0.05) is 0 Å². The van der Waals surface area contributed by atoms with Crippen molar-refractivity contribution in [3.8, 4) is 0 Å². The molecule has 47 valence electrons. The Labute approximate surface area is 50.8 Å². The van der Waals surface area contributed by atoms with E-state index in [9.17, 15) is 9.59 Å². The van der Waals surface area contributed by atoms with Gasteiger partial charge in [0.15, 0.2) is 0 Å². The van der Waals surface area contributed by atoms with Gasteiger partial charge in [0.05, 0.1) is 6.07 Å². The molecule has 0 amide bonds. The fourth-order valence-electron chi connectivity index (χ4n) is 0.435. The van der Waals surface area contributed by atoms with Gasteiger partial charge in [0.1, 0.15) is 0 Å². The largest absolute Gasteiger partial charge is 0.328 e. The normalized spacial score (nSPS) is 9.44. The summed E-state index contributed by atoms with van der Waals surface area (Å²) in [6.45, 7) is 0. The van der Waals surface area contributed by atoms with Crippen LogP contribution in [0.5, 0.6) is 0 Å². The highest BCUT2D eigenvalue weighted by Gasteiger charge is 1.86. The molecule has 0 aliphatic carbocycles. The third-order valence-corrected chi connectivity index (χ3v) is 0.930. The topological polar surface area (TPSA) is 54.9 Å². The molecule has 0 spiro atoms. The number of aryl methyl sites for hydroxylation is 1. The van der Waals surface area contributed by atoms with Gasteiger partial charge < -0.3 is 4.57 Å². The van der Waals surface area contributed by atoms with Gasteiger partial charge in [-0.2, -0.15) is 0 Å². The van der Waals surface area contributed by atoms with Crippen molar-refractivity contribution < 1.29 is 0 Å². The minimum absolute atomic E-state index is 0.418. The van der Waals surface area contributed by atoms with Gasteiger partial charge in [0.25, 0.3) is 5.56 Å². The molecule has 0 aliphatic rings. The highest BCUT2D eigenvalue weighted by Crippen LogP contribution is 1.60. The molecule has 0 aromatic carbocycles. The quantitative estimate of drug-likeness (QED) is 0.477. The lowest BCUT2D eigenvalue weighted by Gasteiger charge is -1.88. The third-order valence-electron chi connectivity index (χ3n) is 0.930. The maximum absolute atomic E-state index is 10.5. The van der Waals surface area contributed by atoms with E-state index in [-0.39, 0.29) is 0 Å². The molecule has 1 N–H and O–H groups in total. The summed E-state index contributed by atoms with van der Waals surface area (Å²) in [6.07, 6.45) is 1.29. The van der Waals surface area contributed by atoms with Gasteiger partial charge in [-0.3, -0.25) is 9.78 Å². The maximum Gasteiger partial charge on any atom is 0.328 e. The number of aromatic nitrogens is 2. The minimum Gasteiger partial charge on any atom is -0.303 e. The van der Waals surface area contributed by atoms with Crippen LogP contribution in [-0.4, -0.2) is 9.55 Å². The zero-order valence-corrected chi connectivity index (χ0v) is 4.84. The van der Waals surface area contributed by atoms with Crippen molar-refractivity contribution in [2.45, 2.75) is 0 Å². The van der Waals surface area contributed by atoms with Crippen LogP contribution in [0.1, 0.15) is 0 Å². The SMILES string of the molecule is Cn1c[c]c(=O)[nH]c1=O. The average Bonchev–Trinajstić information content (AvgIpc) is 1.80. The Bertz CT molecular complexity index is 309. The molecular weight excluding hydrogens is 120 g/mol. The van der Waals surface area contributed by atoms with Crippen molar-refractivity contribution in [1.82, 2.24) is 9.55 Å². The second kappa shape index (κ2) is 1.89. The molecule has 1 radical (unpaired) electrons. The van der Waals surface area contributed by atoms with Crippen LogP contribution in [0, 0.1) is 6.07 Å². The van der Waals surface area contributed by atoms with E-state index in [1.165, 1.54) is 17.8 Å². The monoisotopic (exact) mass is 125 g/mol. The summed E-state index contributed by atoms with van der Waals surface area (Å²) in [5.41, 5.74) is -0.906. The van der Waals surface area contributed by atoms with Gasteiger partial charge in [0, 0.05) is 13.2 Å². The molecule has 0 aliphatic heterocycles. The summed E-state index contributed by atoms with van der Waals surface area (Å²) < 4.78 is 1.24. The molecule has 0 unspecified atom stereocenters. The van der Waals surface area contributed by atoms with Gasteiger partial charge >= 0.3 is 5.69 Å². The molecule has 1 aromatic heterocycles. The Balaban J connectivity index is 3.52. The first-order valence-corrected chi connectivity index (χ1v) is 2.38. The van der Waals surface area contributed by atoms with Gasteiger partial charge in [-0.15, -0.1) is 0 Å². The molecule has 1 rings (SSSR count). The number of hydrogen-bond donors (Lipinski definition) is 1. The van der Waals surface area contributed by atoms with Crippen LogP contribution in [0.4, 0.5) is 0 Å². The van der Waals surface area contributed by atoms with Gasteiger partial charge in [-0.25, -0.2) is 4.79 Å². The Kier molecular flexibility index (Phi) is 1.22. The van der Waals surface area contributed by atoms with Crippen LogP contribution in [0.25, 0.3) is 0 Å². The van der Waals surface area contributed by atoms with Gasteiger partial charge in [-0.05, 0) is 0 Å². The Morgan fingerprint density at radius 3 is 2.78 bits per heavy atom. The number of nitrogens with one attached hydrogen (secondary N) is 1. The smallest absolute Gasteiger partial charge is 0.303 e. The van der Waals surface area contributed by atoms with E-state index in [4.69, 9.17) is 0 Å². The molecular formula is C5H5N2O2. The lowest BCUT2D eigenvalue weighted by atomic mass is 10.6. The molecule has 0 saturated carbocycles. The van der Waals surface area contributed by atoms with E-state index >= 15 is 0 Å². The summed E-state index contributed by atoms with van der Waals surface area (Å²) in [5.74, 6) is 0. The highest BCUT2D eigenvalue weighted by molar-refractivity contribution is 4.77. The first-order valence-electron chi connectivity index (χ1n) is 2.38. The summed E-state index contributed by atoms with van der Waals surface area (Å²) in [6, 6.07) is 2.29. The van der Waals surface area contributed by atoms with Crippen LogP contribution >= 0.6 is 0 Å². The summed E-state index contributed by atoms with van der Waals surface area (Å²) in [7, 11) is 1.54. The molecule has 0 atom stereocenters. The number of nitrogens with zero attached hydrogens (tertiary/aromatic N) is 1. The molecule has 4 heteroatoms. The number of hydrogen-bond acceptors (Lipinski definition) is 2. The summed E-state index contributed by atoms with van der Waals surface area (Å²) in [5, 5.41) is 0. The van der Waals surface area contributed by atoms with E-state index in [0.717, 1.165) is 0 Å². The van der Waals surface area contributed by atoms with Crippen molar-refractivity contribution in [3.05, 3.63) is 33.1 Å². The van der Waals surface area contributed by atoms with E-state index in [2.05, 4.69) is 6.07 Å². The van der Waals surface area contributed by atoms with Crippen molar-refractivity contribution in [1.29, 1.82) is 0 Å². The zero-order chi connectivity index (χ0) is 6.85. The molecule has 0 bridgehead atoms. The van der Waals surface area contributed by atoms with Crippen molar-refractivity contribution in [2.75, 3.05) is 0 Å². The highest BCUT2D eigenvalue weighted by atomic mass is 16.2. The molecule has 0 fully saturated rings. The van der Waals surface area contributed by atoms with E-state index in [1.54, 1.807) is 0 Å². The van der Waals surface area contributed by atoms with Crippen molar-refractivity contribution in [3.63, 3.8) is 0 Å². The predicted octanol–water partition coefficient (Wildman–Crippen LogP) is -1.13. The first kappa shape index (κ1) is 5.81. The molecule has 1 aromatic rings. The van der Waals surface area contributed by atoms with Crippen LogP contribution in [0.2, 0.25) is 0 Å². The fourth-order valence-corrected chi connectivity index (χ4v) is 0.435. The molecule has 4 nitrogen and oxygen atoms in total. The average molecular weight is 125 g/mol. The lowest BCUT2D eigenvalue weighted by molar-refractivity contribution is 0.797. The van der Waals surface area contributed by atoms with Gasteiger partial charge in [0.2, 0.25) is 0 Å². The lowest BCUT2D eigenvalue weighted by Crippen LogP contribution is -2.26. The minimum atomic E-state index is -0.488. The Morgan fingerprint density at radius 2 is 2.33 bits per heavy atom. The predicted molar refractivity (Wildman–Crippen MR) is 31.1 cm³/mol. The number of rotatable bonds is 0. The second-order valence-corrected chi connectivity index (χ2v) is 1.64. The Morgan fingerprint density at radius 1 is 1.67 bits per heavy atom. The van der Waals surface area contributed by atoms with Crippen molar-refractivity contribution >= 4 is 0 Å². The van der Waals surface area contributed by atoms with E-state index < -0.39 is 11.2 Å². The number of H-pyrrole nitrogens is 1.